The van der Waals surface area contributed by atoms with Gasteiger partial charge >= 0.3 is 0 Å². The summed E-state index contributed by atoms with van der Waals surface area (Å²) in [5.74, 6) is 2.53. The molecule has 0 amide bonds. The lowest BCUT2D eigenvalue weighted by molar-refractivity contribution is 1.10. The van der Waals surface area contributed by atoms with Gasteiger partial charge in [0, 0.05) is 17.4 Å². The Morgan fingerprint density at radius 1 is 1.50 bits per heavy atom. The van der Waals surface area contributed by atoms with Gasteiger partial charge in [0.2, 0.25) is 0 Å². The van der Waals surface area contributed by atoms with E-state index < -0.39 is 0 Å². The minimum absolute atomic E-state index is 0.630. The Morgan fingerprint density at radius 3 is 2.93 bits per heavy atom. The number of nitrogens with one attached hydrogen (secondary N) is 1. The van der Waals surface area contributed by atoms with E-state index in [2.05, 4.69) is 33.2 Å². The predicted octanol–water partition coefficient (Wildman–Crippen LogP) is 2.76. The van der Waals surface area contributed by atoms with Crippen molar-refractivity contribution in [2.24, 2.45) is 0 Å². The van der Waals surface area contributed by atoms with Gasteiger partial charge in [-0.25, -0.2) is 0 Å². The van der Waals surface area contributed by atoms with E-state index in [1.807, 2.05) is 12.1 Å². The minimum atomic E-state index is 0.630. The van der Waals surface area contributed by atoms with E-state index in [4.69, 9.17) is 11.7 Å². The number of halogens is 1. The van der Waals surface area contributed by atoms with E-state index in [0.717, 1.165) is 10.2 Å². The van der Waals surface area contributed by atoms with Crippen molar-refractivity contribution in [2.45, 2.75) is 6.42 Å². The summed E-state index contributed by atoms with van der Waals surface area (Å²) in [7, 11) is 0. The first kappa shape index (κ1) is 10.6. The van der Waals surface area contributed by atoms with Crippen molar-refractivity contribution >= 4 is 21.6 Å². The molecule has 0 bridgehead atoms. The second-order valence-electron chi connectivity index (χ2n) is 2.68. The number of hydrogen-bond donors (Lipinski definition) is 1. The number of nitrogens with zero attached hydrogens (tertiary/aromatic N) is 1. The third kappa shape index (κ3) is 2.80. The van der Waals surface area contributed by atoms with Crippen LogP contribution in [-0.4, -0.2) is 6.54 Å². The minimum Gasteiger partial charge on any atom is -0.383 e. The molecular formula is C11H9BrN2. The van der Waals surface area contributed by atoms with Crippen LogP contribution >= 0.6 is 15.9 Å². The van der Waals surface area contributed by atoms with E-state index in [0.29, 0.717) is 18.5 Å². The summed E-state index contributed by atoms with van der Waals surface area (Å²) in [5, 5.41) is 11.9. The monoisotopic (exact) mass is 248 g/mol. The van der Waals surface area contributed by atoms with Crippen LogP contribution < -0.4 is 5.32 Å². The van der Waals surface area contributed by atoms with Crippen LogP contribution in [0.4, 0.5) is 5.69 Å². The molecule has 0 atom stereocenters. The van der Waals surface area contributed by atoms with Gasteiger partial charge in [0.1, 0.15) is 6.07 Å². The lowest BCUT2D eigenvalue weighted by Gasteiger charge is -2.06. The van der Waals surface area contributed by atoms with Crippen molar-refractivity contribution in [3.63, 3.8) is 0 Å². The SMILES string of the molecule is C#CCCNc1cc(Br)ccc1C#N. The van der Waals surface area contributed by atoms with Gasteiger partial charge in [-0.05, 0) is 18.2 Å². The summed E-state index contributed by atoms with van der Waals surface area (Å²) in [4.78, 5) is 0. The van der Waals surface area contributed by atoms with Crippen LogP contribution in [0.5, 0.6) is 0 Å². The second-order valence-corrected chi connectivity index (χ2v) is 3.60. The fraction of sp³-hybridized carbons (Fsp3) is 0.182. The zero-order chi connectivity index (χ0) is 10.4. The van der Waals surface area contributed by atoms with Crippen LogP contribution in [0.2, 0.25) is 0 Å². The Bertz CT molecular complexity index is 399. The molecule has 1 N–H and O–H groups in total. The molecule has 3 heteroatoms. The highest BCUT2D eigenvalue weighted by Gasteiger charge is 2.00. The Morgan fingerprint density at radius 2 is 2.29 bits per heavy atom. The average molecular weight is 249 g/mol. The molecule has 0 fully saturated rings. The maximum absolute atomic E-state index is 8.82. The third-order valence-corrected chi connectivity index (χ3v) is 2.18. The molecule has 0 aliphatic heterocycles. The molecule has 0 radical (unpaired) electrons. The molecule has 0 unspecified atom stereocenters. The van der Waals surface area contributed by atoms with Crippen LogP contribution in [0.3, 0.4) is 0 Å². The third-order valence-electron chi connectivity index (χ3n) is 1.69. The van der Waals surface area contributed by atoms with Gasteiger partial charge in [-0.3, -0.25) is 0 Å². The number of anilines is 1. The summed E-state index contributed by atoms with van der Waals surface area (Å²) in [6, 6.07) is 7.59. The highest BCUT2D eigenvalue weighted by atomic mass is 79.9. The van der Waals surface area contributed by atoms with Crippen molar-refractivity contribution in [1.29, 1.82) is 5.26 Å². The molecule has 1 rings (SSSR count). The number of terminal acetylenes is 1. The number of hydrogen-bond acceptors (Lipinski definition) is 2. The molecule has 0 saturated carbocycles. The Kier molecular flexibility index (Phi) is 4.04. The van der Waals surface area contributed by atoms with Crippen molar-refractivity contribution in [3.8, 4) is 18.4 Å². The predicted molar refractivity (Wildman–Crippen MR) is 60.8 cm³/mol. The fourth-order valence-electron chi connectivity index (χ4n) is 1.03. The number of nitriles is 1. The highest BCUT2D eigenvalue weighted by molar-refractivity contribution is 9.10. The molecule has 1 aromatic carbocycles. The zero-order valence-electron chi connectivity index (χ0n) is 7.55. The smallest absolute Gasteiger partial charge is 0.101 e. The maximum Gasteiger partial charge on any atom is 0.101 e. The van der Waals surface area contributed by atoms with Crippen LogP contribution in [0, 0.1) is 23.7 Å². The second kappa shape index (κ2) is 5.32. The van der Waals surface area contributed by atoms with Gasteiger partial charge in [-0.1, -0.05) is 15.9 Å². The van der Waals surface area contributed by atoms with Gasteiger partial charge in [0.25, 0.3) is 0 Å². The van der Waals surface area contributed by atoms with Gasteiger partial charge in [-0.2, -0.15) is 5.26 Å². The lowest BCUT2D eigenvalue weighted by Crippen LogP contribution is -2.02. The molecule has 0 aliphatic carbocycles. The molecule has 70 valence electrons. The molecule has 0 saturated heterocycles. The van der Waals surface area contributed by atoms with Crippen molar-refractivity contribution in [1.82, 2.24) is 0 Å². The van der Waals surface area contributed by atoms with Crippen LogP contribution in [0.15, 0.2) is 22.7 Å². The molecule has 14 heavy (non-hydrogen) atoms. The van der Waals surface area contributed by atoms with Gasteiger partial charge in [0.05, 0.1) is 11.3 Å². The molecule has 2 nitrogen and oxygen atoms in total. The fourth-order valence-corrected chi connectivity index (χ4v) is 1.39. The van der Waals surface area contributed by atoms with Gasteiger partial charge in [-0.15, -0.1) is 12.3 Å². The van der Waals surface area contributed by atoms with Crippen molar-refractivity contribution < 1.29 is 0 Å². The zero-order valence-corrected chi connectivity index (χ0v) is 9.13. The van der Waals surface area contributed by atoms with E-state index >= 15 is 0 Å². The summed E-state index contributed by atoms with van der Waals surface area (Å²) >= 11 is 3.34. The number of rotatable bonds is 3. The van der Waals surface area contributed by atoms with E-state index in [9.17, 15) is 0 Å². The molecule has 0 spiro atoms. The van der Waals surface area contributed by atoms with Crippen LogP contribution in [0.25, 0.3) is 0 Å². The van der Waals surface area contributed by atoms with E-state index in [1.54, 1.807) is 6.07 Å². The van der Waals surface area contributed by atoms with Crippen LogP contribution in [-0.2, 0) is 0 Å². The van der Waals surface area contributed by atoms with E-state index in [-0.39, 0.29) is 0 Å². The summed E-state index contributed by atoms with van der Waals surface area (Å²) in [6.45, 7) is 0.682. The molecule has 0 aliphatic rings. The van der Waals surface area contributed by atoms with Crippen molar-refractivity contribution in [2.75, 3.05) is 11.9 Å². The van der Waals surface area contributed by atoms with Crippen LogP contribution in [0.1, 0.15) is 12.0 Å². The largest absolute Gasteiger partial charge is 0.383 e. The summed E-state index contributed by atoms with van der Waals surface area (Å²) in [5.41, 5.74) is 1.45. The first-order valence-corrected chi connectivity index (χ1v) is 4.94. The van der Waals surface area contributed by atoms with Gasteiger partial charge < -0.3 is 5.32 Å². The van der Waals surface area contributed by atoms with E-state index in [1.165, 1.54) is 0 Å². The first-order valence-electron chi connectivity index (χ1n) is 4.15. The quantitative estimate of drug-likeness (QED) is 0.660. The summed E-state index contributed by atoms with van der Waals surface area (Å²) in [6.07, 6.45) is 5.78. The first-order chi connectivity index (χ1) is 6.77. The highest BCUT2D eigenvalue weighted by Crippen LogP contribution is 2.20. The molecular weight excluding hydrogens is 240 g/mol. The normalized spacial score (nSPS) is 8.79. The lowest BCUT2D eigenvalue weighted by atomic mass is 10.2. The average Bonchev–Trinajstić information content (AvgIpc) is 2.19. The van der Waals surface area contributed by atoms with Crippen molar-refractivity contribution in [3.05, 3.63) is 28.2 Å². The Labute approximate surface area is 92.1 Å². The summed E-state index contributed by atoms with van der Waals surface area (Å²) < 4.78 is 0.944. The topological polar surface area (TPSA) is 35.8 Å². The maximum atomic E-state index is 8.82. The van der Waals surface area contributed by atoms with Gasteiger partial charge in [0.15, 0.2) is 0 Å². The molecule has 1 aromatic rings. The Balaban J connectivity index is 2.80. The standard InChI is InChI=1S/C11H9BrN2/c1-2-3-6-14-11-7-10(12)5-4-9(11)8-13/h1,4-5,7,14H,3,6H2. The molecule has 0 heterocycles. The number of benzene rings is 1. The Hall–Kier alpha value is -1.45. The molecule has 0 aromatic heterocycles.